The van der Waals surface area contributed by atoms with Gasteiger partial charge in [-0.2, -0.15) is 8.42 Å². The van der Waals surface area contributed by atoms with Crippen LogP contribution < -0.4 is 14.7 Å². The normalized spacial score (nSPS) is 15.2. The molecule has 1 fully saturated rings. The molecule has 2 aromatic carbocycles. The summed E-state index contributed by atoms with van der Waals surface area (Å²) in [6.07, 6.45) is 1.36. The molecule has 1 aliphatic rings. The Kier molecular flexibility index (Phi) is 7.58. The molecule has 3 rings (SSSR count). The van der Waals surface area contributed by atoms with Crippen molar-refractivity contribution < 1.29 is 31.7 Å². The number of rotatable bonds is 8. The second kappa shape index (κ2) is 10.0. The number of primary amides is 1. The lowest BCUT2D eigenvalue weighted by Gasteiger charge is -2.14. The Balaban J connectivity index is 1.96. The Labute approximate surface area is 203 Å². The van der Waals surface area contributed by atoms with Crippen molar-refractivity contribution in [3.63, 3.8) is 0 Å². The van der Waals surface area contributed by atoms with Gasteiger partial charge in [0.2, 0.25) is 11.7 Å². The molecule has 1 heterocycles. The Morgan fingerprint density at radius 2 is 1.85 bits per heavy atom. The van der Waals surface area contributed by atoms with E-state index in [9.17, 15) is 22.8 Å². The van der Waals surface area contributed by atoms with Crippen molar-refractivity contribution in [1.29, 1.82) is 0 Å². The molecular weight excluding hydrogens is 515 g/mol. The number of carbonyl (C=O) groups is 3. The van der Waals surface area contributed by atoms with E-state index in [2.05, 4.69) is 0 Å². The minimum atomic E-state index is -4.26. The molecule has 0 aromatic heterocycles. The van der Waals surface area contributed by atoms with E-state index in [1.165, 1.54) is 42.5 Å². The number of ether oxygens (including phenoxy) is 1. The molecule has 33 heavy (non-hydrogen) atoms. The molecule has 0 saturated carbocycles. The van der Waals surface area contributed by atoms with Crippen LogP contribution >= 0.6 is 35.0 Å². The maximum absolute atomic E-state index is 12.7. The van der Waals surface area contributed by atoms with Crippen molar-refractivity contribution >= 4 is 68.2 Å². The smallest absolute Gasteiger partial charge is 0.339 e. The molecule has 1 saturated heterocycles. The summed E-state index contributed by atoms with van der Waals surface area (Å²) in [4.78, 5) is 36.1. The van der Waals surface area contributed by atoms with Crippen molar-refractivity contribution in [2.75, 3.05) is 13.2 Å². The fraction of sp³-hybridized carbons (Fsp3) is 0.150. The second-order valence-corrected chi connectivity index (χ2v) is 9.87. The van der Waals surface area contributed by atoms with Gasteiger partial charge in [-0.3, -0.25) is 19.3 Å². The van der Waals surface area contributed by atoms with Crippen LogP contribution in [-0.4, -0.2) is 43.5 Å². The first-order valence-electron chi connectivity index (χ1n) is 9.22. The number of imide groups is 1. The van der Waals surface area contributed by atoms with Crippen LogP contribution in [-0.2, 0) is 19.7 Å². The maximum atomic E-state index is 12.7. The third-order valence-corrected chi connectivity index (χ3v) is 6.79. The van der Waals surface area contributed by atoms with E-state index in [4.69, 9.17) is 37.9 Å². The summed E-state index contributed by atoms with van der Waals surface area (Å²) >= 11 is 12.7. The van der Waals surface area contributed by atoms with Gasteiger partial charge in [0.15, 0.2) is 5.75 Å². The highest BCUT2D eigenvalue weighted by Crippen LogP contribution is 2.40. The van der Waals surface area contributed by atoms with Gasteiger partial charge in [-0.25, -0.2) is 0 Å². The molecule has 0 spiro atoms. The number of benzene rings is 2. The predicted molar refractivity (Wildman–Crippen MR) is 124 cm³/mol. The van der Waals surface area contributed by atoms with Gasteiger partial charge in [-0.05, 0) is 66.7 Å². The third-order valence-electron chi connectivity index (χ3n) is 4.11. The highest BCUT2D eigenvalue weighted by molar-refractivity contribution is 8.18. The monoisotopic (exact) mass is 530 g/mol. The first-order valence-corrected chi connectivity index (χ1v) is 12.2. The van der Waals surface area contributed by atoms with Crippen molar-refractivity contribution in [3.05, 3.63) is 56.9 Å². The van der Waals surface area contributed by atoms with Gasteiger partial charge in [0.05, 0.1) is 16.5 Å². The molecule has 0 bridgehead atoms. The number of carbonyl (C=O) groups excluding carboxylic acids is 3. The van der Waals surface area contributed by atoms with Gasteiger partial charge >= 0.3 is 10.1 Å². The standard InChI is InChI=1S/C20H16Cl2N2O7S2/c1-2-30-15-8-11(9-16-19(26)24(10-17(23)25)20(27)32-16)7-14(22)18(15)31-33(28,29)13-5-3-12(21)4-6-13/h3-9H,2,10H2,1H3,(H2,23,25)/b16-9-. The first kappa shape index (κ1) is 24.9. The van der Waals surface area contributed by atoms with Gasteiger partial charge in [-0.15, -0.1) is 0 Å². The van der Waals surface area contributed by atoms with Crippen molar-refractivity contribution in [3.8, 4) is 11.5 Å². The summed E-state index contributed by atoms with van der Waals surface area (Å²) in [6, 6.07) is 8.11. The van der Waals surface area contributed by atoms with Crippen molar-refractivity contribution in [2.45, 2.75) is 11.8 Å². The number of nitrogens with zero attached hydrogens (tertiary/aromatic N) is 1. The molecule has 2 N–H and O–H groups in total. The zero-order valence-electron chi connectivity index (χ0n) is 16.9. The summed E-state index contributed by atoms with van der Waals surface area (Å²) in [5.74, 6) is -1.76. The van der Waals surface area contributed by atoms with E-state index in [1.54, 1.807) is 6.92 Å². The van der Waals surface area contributed by atoms with E-state index >= 15 is 0 Å². The van der Waals surface area contributed by atoms with Gasteiger partial charge in [0, 0.05) is 5.02 Å². The van der Waals surface area contributed by atoms with Crippen LogP contribution in [0.2, 0.25) is 10.0 Å². The van der Waals surface area contributed by atoms with E-state index in [0.29, 0.717) is 22.3 Å². The minimum Gasteiger partial charge on any atom is -0.490 e. The lowest BCUT2D eigenvalue weighted by molar-refractivity contribution is -0.127. The zero-order chi connectivity index (χ0) is 24.3. The van der Waals surface area contributed by atoms with Crippen molar-refractivity contribution in [1.82, 2.24) is 4.90 Å². The third kappa shape index (κ3) is 5.80. The summed E-state index contributed by atoms with van der Waals surface area (Å²) < 4.78 is 36.1. The fourth-order valence-corrected chi connectivity index (χ4v) is 4.94. The first-order chi connectivity index (χ1) is 15.5. The van der Waals surface area contributed by atoms with Crippen LogP contribution in [0.3, 0.4) is 0 Å². The molecule has 3 amide bonds. The summed E-state index contributed by atoms with van der Waals surface area (Å²) in [6.45, 7) is 1.29. The lowest BCUT2D eigenvalue weighted by atomic mass is 10.2. The average Bonchev–Trinajstić information content (AvgIpc) is 2.98. The van der Waals surface area contributed by atoms with Gasteiger partial charge in [0.25, 0.3) is 11.1 Å². The van der Waals surface area contributed by atoms with Gasteiger partial charge < -0.3 is 14.7 Å². The Bertz CT molecular complexity index is 1260. The molecule has 0 aliphatic carbocycles. The molecule has 9 nitrogen and oxygen atoms in total. The molecule has 0 atom stereocenters. The van der Waals surface area contributed by atoms with Gasteiger partial charge in [-0.1, -0.05) is 23.2 Å². The topological polar surface area (TPSA) is 133 Å². The van der Waals surface area contributed by atoms with E-state index in [0.717, 1.165) is 4.90 Å². The van der Waals surface area contributed by atoms with E-state index in [-0.39, 0.29) is 32.9 Å². The number of nitrogens with two attached hydrogens (primary N) is 1. The Morgan fingerprint density at radius 3 is 2.45 bits per heavy atom. The van der Waals surface area contributed by atoms with Crippen LogP contribution in [0, 0.1) is 0 Å². The number of thioether (sulfide) groups is 1. The zero-order valence-corrected chi connectivity index (χ0v) is 20.1. The molecule has 13 heteroatoms. The largest absolute Gasteiger partial charge is 0.490 e. The summed E-state index contributed by atoms with van der Waals surface area (Å²) in [5, 5.41) is -0.400. The molecule has 0 unspecified atom stereocenters. The van der Waals surface area contributed by atoms with Crippen LogP contribution in [0.15, 0.2) is 46.2 Å². The van der Waals surface area contributed by atoms with Crippen LogP contribution in [0.1, 0.15) is 12.5 Å². The quantitative estimate of drug-likeness (QED) is 0.403. The lowest BCUT2D eigenvalue weighted by Crippen LogP contribution is -2.36. The molecule has 1 aliphatic heterocycles. The number of amides is 3. The maximum Gasteiger partial charge on any atom is 0.339 e. The second-order valence-electron chi connectivity index (χ2n) is 6.49. The summed E-state index contributed by atoms with van der Waals surface area (Å²) in [5.41, 5.74) is 5.40. The van der Waals surface area contributed by atoms with Gasteiger partial charge in [0.1, 0.15) is 11.4 Å². The molecule has 2 aromatic rings. The Morgan fingerprint density at radius 1 is 1.18 bits per heavy atom. The fourth-order valence-electron chi connectivity index (χ4n) is 2.72. The summed E-state index contributed by atoms with van der Waals surface area (Å²) in [7, 11) is -4.26. The van der Waals surface area contributed by atoms with E-state index < -0.39 is 33.7 Å². The van der Waals surface area contributed by atoms with Crippen LogP contribution in [0.25, 0.3) is 6.08 Å². The van der Waals surface area contributed by atoms with E-state index in [1.807, 2.05) is 0 Å². The van der Waals surface area contributed by atoms with Crippen LogP contribution in [0.5, 0.6) is 11.5 Å². The van der Waals surface area contributed by atoms with Crippen molar-refractivity contribution in [2.24, 2.45) is 5.73 Å². The molecular formula is C20H16Cl2N2O7S2. The SMILES string of the molecule is CCOc1cc(/C=C2\SC(=O)N(CC(N)=O)C2=O)cc(Cl)c1OS(=O)(=O)c1ccc(Cl)cc1. The highest BCUT2D eigenvalue weighted by Gasteiger charge is 2.36. The predicted octanol–water partition coefficient (Wildman–Crippen LogP) is 3.68. The average molecular weight is 531 g/mol. The number of hydrogen-bond donors (Lipinski definition) is 1. The highest BCUT2D eigenvalue weighted by atomic mass is 35.5. The number of hydrogen-bond acceptors (Lipinski definition) is 8. The molecule has 0 radical (unpaired) electrons. The minimum absolute atomic E-state index is 0.00477. The Hall–Kier alpha value is -2.73. The number of halogens is 2. The van der Waals surface area contributed by atoms with Crippen LogP contribution in [0.4, 0.5) is 4.79 Å². The molecule has 174 valence electrons.